The summed E-state index contributed by atoms with van der Waals surface area (Å²) in [4.78, 5) is 29.3. The van der Waals surface area contributed by atoms with E-state index in [9.17, 15) is 4.79 Å². The van der Waals surface area contributed by atoms with Gasteiger partial charge in [0.1, 0.15) is 11.4 Å². The fourth-order valence-corrected chi connectivity index (χ4v) is 3.87. The number of carbonyl (C=O) groups excluding carboxylic acids is 1. The van der Waals surface area contributed by atoms with E-state index in [1.54, 1.807) is 20.4 Å². The number of carbonyl (C=O) groups is 1. The van der Waals surface area contributed by atoms with Crippen LogP contribution in [-0.4, -0.2) is 87.2 Å². The third kappa shape index (κ3) is 8.40. The third-order valence-electron chi connectivity index (χ3n) is 4.35. The van der Waals surface area contributed by atoms with Crippen molar-refractivity contribution in [3.8, 4) is 0 Å². The average molecular weight is 453 g/mol. The summed E-state index contributed by atoms with van der Waals surface area (Å²) in [6.45, 7) is 6.39. The molecule has 0 aliphatic carbocycles. The Balaban J connectivity index is 1.99. The van der Waals surface area contributed by atoms with Crippen LogP contribution in [-0.2, 0) is 14.3 Å². The molecule has 5 N–H and O–H groups in total. The van der Waals surface area contributed by atoms with Crippen molar-refractivity contribution < 1.29 is 14.3 Å². The molecule has 0 saturated carbocycles. The summed E-state index contributed by atoms with van der Waals surface area (Å²) in [5.41, 5.74) is 5.49. The molecule has 0 aromatic rings. The Hall–Kier alpha value is -2.28. The lowest BCUT2D eigenvalue weighted by atomic mass is 10.3. The van der Waals surface area contributed by atoms with Crippen LogP contribution in [0.15, 0.2) is 32.6 Å². The fraction of sp³-hybridized carbons (Fsp3) is 0.632. The maximum Gasteiger partial charge on any atom is 0.245 e. The molecule has 0 aromatic heterocycles. The number of guanidine groups is 1. The number of methoxy groups -OCH3 is 2. The maximum atomic E-state index is 11.5. The third-order valence-corrected chi connectivity index (χ3v) is 5.47. The molecule has 3 atom stereocenters. The van der Waals surface area contributed by atoms with E-state index in [0.29, 0.717) is 36.5 Å². The zero-order valence-electron chi connectivity index (χ0n) is 18.0. The van der Waals surface area contributed by atoms with Gasteiger partial charge >= 0.3 is 0 Å². The number of nitrogens with zero attached hydrogens (tertiary/aromatic N) is 4. The number of thioether (sulfide) groups is 1. The first-order valence-corrected chi connectivity index (χ1v) is 11.1. The number of ether oxygens (including phenoxy) is 2. The first-order valence-electron chi connectivity index (χ1n) is 10.2. The molecule has 31 heavy (non-hydrogen) atoms. The predicted molar refractivity (Wildman–Crippen MR) is 126 cm³/mol. The summed E-state index contributed by atoms with van der Waals surface area (Å²) in [6.07, 6.45) is 4.69. The normalized spacial score (nSPS) is 24.2. The van der Waals surface area contributed by atoms with Crippen molar-refractivity contribution in [2.45, 2.75) is 36.9 Å². The minimum atomic E-state index is -0.435. The van der Waals surface area contributed by atoms with Gasteiger partial charge < -0.3 is 31.2 Å². The molecule has 0 radical (unpaired) electrons. The molecule has 0 saturated heterocycles. The topological polar surface area (TPSA) is 147 Å². The first-order chi connectivity index (χ1) is 15.1. The van der Waals surface area contributed by atoms with Crippen molar-refractivity contribution in [3.05, 3.63) is 12.7 Å². The lowest BCUT2D eigenvalue weighted by molar-refractivity contribution is -0.117. The number of amides is 1. The Labute approximate surface area is 187 Å². The van der Waals surface area contributed by atoms with Crippen LogP contribution in [0.2, 0.25) is 0 Å². The van der Waals surface area contributed by atoms with E-state index in [2.05, 4.69) is 42.5 Å². The van der Waals surface area contributed by atoms with Crippen LogP contribution in [0.4, 0.5) is 0 Å². The van der Waals surface area contributed by atoms with Gasteiger partial charge in [0.15, 0.2) is 11.4 Å². The molecule has 2 aliphatic heterocycles. The molecule has 0 bridgehead atoms. The van der Waals surface area contributed by atoms with E-state index in [1.165, 1.54) is 17.8 Å². The standard InChI is InChI=1S/C19H32N8O3S/c1-4-14(28)24-13-7-10-23-19(25-13)31-15-16(29-2)26-18(27-17(15)30-3)22-12-11-21-9-6-5-8-20/h4,10,13,15-16,21H,1,5-9,11-12,20H2,2-3H3,(H,22,26)(H,24,28). The van der Waals surface area contributed by atoms with Crippen LogP contribution in [0.3, 0.4) is 0 Å². The summed E-state index contributed by atoms with van der Waals surface area (Å²) in [5, 5.41) is 9.42. The monoisotopic (exact) mass is 452 g/mol. The lowest BCUT2D eigenvalue weighted by Gasteiger charge is -2.31. The van der Waals surface area contributed by atoms with Gasteiger partial charge in [0.25, 0.3) is 0 Å². The van der Waals surface area contributed by atoms with Crippen LogP contribution in [0.25, 0.3) is 0 Å². The minimum absolute atomic E-state index is 0.281. The summed E-state index contributed by atoms with van der Waals surface area (Å²) in [6, 6.07) is 0. The molecule has 172 valence electrons. The Kier molecular flexibility index (Phi) is 11.2. The first kappa shape index (κ1) is 25.0. The van der Waals surface area contributed by atoms with E-state index in [1.807, 2.05) is 0 Å². The van der Waals surface area contributed by atoms with Crippen LogP contribution in [0.5, 0.6) is 0 Å². The van der Waals surface area contributed by atoms with Crippen molar-refractivity contribution in [1.29, 1.82) is 0 Å². The quantitative estimate of drug-likeness (QED) is 0.252. The van der Waals surface area contributed by atoms with Gasteiger partial charge in [-0.3, -0.25) is 4.79 Å². The number of hydrogen-bond donors (Lipinski definition) is 4. The van der Waals surface area contributed by atoms with Gasteiger partial charge in [-0.2, -0.15) is 4.99 Å². The van der Waals surface area contributed by atoms with Crippen molar-refractivity contribution in [2.75, 3.05) is 40.4 Å². The summed E-state index contributed by atoms with van der Waals surface area (Å²) >= 11 is 1.34. The van der Waals surface area contributed by atoms with Crippen molar-refractivity contribution in [2.24, 2.45) is 25.7 Å². The summed E-state index contributed by atoms with van der Waals surface area (Å²) in [5.74, 6) is 0.631. The van der Waals surface area contributed by atoms with Gasteiger partial charge in [-0.1, -0.05) is 18.3 Å². The van der Waals surface area contributed by atoms with Gasteiger partial charge in [0.05, 0.1) is 13.7 Å². The van der Waals surface area contributed by atoms with Crippen LogP contribution in [0.1, 0.15) is 19.3 Å². The molecular weight excluding hydrogens is 420 g/mol. The number of aliphatic imine (C=N–C) groups is 4. The van der Waals surface area contributed by atoms with E-state index >= 15 is 0 Å². The molecule has 1 amide bonds. The highest BCUT2D eigenvalue weighted by Crippen LogP contribution is 2.25. The number of nitrogens with one attached hydrogen (secondary N) is 3. The molecule has 11 nitrogen and oxygen atoms in total. The highest BCUT2D eigenvalue weighted by atomic mass is 32.2. The molecule has 0 spiro atoms. The van der Waals surface area contributed by atoms with Crippen molar-refractivity contribution in [1.82, 2.24) is 16.0 Å². The van der Waals surface area contributed by atoms with Gasteiger partial charge in [0.2, 0.25) is 17.8 Å². The van der Waals surface area contributed by atoms with Crippen LogP contribution in [0, 0.1) is 0 Å². The fourth-order valence-electron chi connectivity index (χ4n) is 2.77. The predicted octanol–water partition coefficient (Wildman–Crippen LogP) is -0.148. The average Bonchev–Trinajstić information content (AvgIpc) is 2.79. The summed E-state index contributed by atoms with van der Waals surface area (Å²) in [7, 11) is 3.15. The maximum absolute atomic E-state index is 11.5. The SMILES string of the molecule is C=CC(=O)NC1CC=NC(SC2C(OC)=NC(=NCCNCCCCN)NC2OC)=N1. The molecule has 0 aromatic carbocycles. The largest absolute Gasteiger partial charge is 0.483 e. The van der Waals surface area contributed by atoms with E-state index in [0.717, 1.165) is 25.9 Å². The second-order valence-electron chi connectivity index (χ2n) is 6.63. The Morgan fingerprint density at radius 3 is 3.00 bits per heavy atom. The van der Waals surface area contributed by atoms with E-state index < -0.39 is 6.23 Å². The number of unbranched alkanes of at least 4 members (excludes halogenated alkanes) is 1. The molecule has 3 unspecified atom stereocenters. The smallest absolute Gasteiger partial charge is 0.245 e. The second kappa shape index (κ2) is 13.9. The number of rotatable bonds is 11. The Morgan fingerprint density at radius 2 is 2.29 bits per heavy atom. The number of amidine groups is 1. The highest BCUT2D eigenvalue weighted by molar-refractivity contribution is 8.15. The highest BCUT2D eigenvalue weighted by Gasteiger charge is 2.35. The molecular formula is C19H32N8O3S. The second-order valence-corrected chi connectivity index (χ2v) is 7.74. The zero-order valence-corrected chi connectivity index (χ0v) is 18.9. The molecule has 12 heteroatoms. The minimum Gasteiger partial charge on any atom is -0.483 e. The number of hydrogen-bond acceptors (Lipinski definition) is 9. The molecule has 2 heterocycles. The molecule has 0 fully saturated rings. The van der Waals surface area contributed by atoms with Gasteiger partial charge in [-0.25, -0.2) is 15.0 Å². The molecule has 2 rings (SSSR count). The summed E-state index contributed by atoms with van der Waals surface area (Å²) < 4.78 is 11.1. The van der Waals surface area contributed by atoms with Crippen molar-refractivity contribution in [3.63, 3.8) is 0 Å². The zero-order chi connectivity index (χ0) is 22.5. The van der Waals surface area contributed by atoms with E-state index in [-0.39, 0.29) is 17.3 Å². The van der Waals surface area contributed by atoms with Crippen molar-refractivity contribution >= 4 is 40.9 Å². The lowest BCUT2D eigenvalue weighted by Crippen LogP contribution is -2.51. The van der Waals surface area contributed by atoms with Gasteiger partial charge in [-0.15, -0.1) is 0 Å². The van der Waals surface area contributed by atoms with E-state index in [4.69, 9.17) is 15.2 Å². The van der Waals surface area contributed by atoms with Gasteiger partial charge in [0, 0.05) is 26.3 Å². The van der Waals surface area contributed by atoms with Crippen LogP contribution >= 0.6 is 11.8 Å². The molecule has 2 aliphatic rings. The van der Waals surface area contributed by atoms with Crippen LogP contribution < -0.4 is 21.7 Å². The Bertz CT molecular complexity index is 725. The number of nitrogens with two attached hydrogens (primary N) is 1. The van der Waals surface area contributed by atoms with Gasteiger partial charge in [-0.05, 0) is 32.0 Å². The Morgan fingerprint density at radius 1 is 1.45 bits per heavy atom.